The maximum Gasteiger partial charge on any atom is 0.472 e. The summed E-state index contributed by atoms with van der Waals surface area (Å²) in [7, 11) is -16.0. The third-order valence-corrected chi connectivity index (χ3v) is 11.8. The Bertz CT molecular complexity index is 2480. The predicted octanol–water partition coefficient (Wildman–Crippen LogP) is -4.20. The van der Waals surface area contributed by atoms with Gasteiger partial charge in [0.05, 0.1) is 19.8 Å². The minimum Gasteiger partial charge on any atom is -0.387 e. The number of aliphatic hydroxyl groups is 3. The van der Waals surface area contributed by atoms with Crippen molar-refractivity contribution in [2.45, 2.75) is 80.9 Å². The van der Waals surface area contributed by atoms with Gasteiger partial charge in [-0.2, -0.15) is 9.97 Å². The van der Waals surface area contributed by atoms with E-state index in [4.69, 9.17) is 43.8 Å². The van der Waals surface area contributed by atoms with Crippen LogP contribution >= 0.6 is 23.5 Å². The van der Waals surface area contributed by atoms with Crippen molar-refractivity contribution in [3.05, 3.63) is 78.1 Å². The molecule has 0 aromatic carbocycles. The topological polar surface area (TPSA) is 443 Å². The Balaban J connectivity index is 1.17. The predicted molar refractivity (Wildman–Crippen MR) is 196 cm³/mol. The quantitative estimate of drug-likeness (QED) is 0.0609. The number of ether oxygens (including phenoxy) is 3. The van der Waals surface area contributed by atoms with Gasteiger partial charge in [-0.15, -0.1) is 0 Å². The fraction of sp³-hybridized carbons (Fsp3) is 0.571. The molecule has 0 bridgehead atoms. The SMILES string of the molecule is Cc1cn([C@H]2C[C@H](OP(=O)(O)OC[C@H]3O[C@@H](n4ccc(N)nc4=O)[C@H](O)[C@@H]3OP(=O)(O)OC[C@H]3O[C@@H](n4ccc(N)nc4=O)[C@H](O)[C@@H]3O)[C@@H](COP(=O)(O)O)O2)c(=O)[nH]c1=O. The van der Waals surface area contributed by atoms with Gasteiger partial charge in [0.15, 0.2) is 12.5 Å². The summed E-state index contributed by atoms with van der Waals surface area (Å²) in [4.78, 5) is 98.4. The molecule has 0 amide bonds. The summed E-state index contributed by atoms with van der Waals surface area (Å²) in [5, 5.41) is 32.3. The highest BCUT2D eigenvalue weighted by atomic mass is 31.2. The maximum atomic E-state index is 13.4. The number of hydrogen-bond donors (Lipinski definition) is 10. The number of rotatable bonds is 16. The van der Waals surface area contributed by atoms with E-state index in [1.54, 1.807) is 0 Å². The number of nitrogens with zero attached hydrogens (tertiary/aromatic N) is 5. The highest BCUT2D eigenvalue weighted by Crippen LogP contribution is 2.52. The number of aryl methyl sites for hydroxylation is 1. The second-order valence-corrected chi connectivity index (χ2v) is 17.6. The minimum absolute atomic E-state index is 0.0532. The molecule has 6 rings (SSSR count). The van der Waals surface area contributed by atoms with Gasteiger partial charge in [0.2, 0.25) is 0 Å². The first-order valence-electron chi connectivity index (χ1n) is 17.5. The Morgan fingerprint density at radius 3 is 1.84 bits per heavy atom. The molecule has 338 valence electrons. The molecular weight excluding hydrogens is 893 g/mol. The summed E-state index contributed by atoms with van der Waals surface area (Å²) >= 11 is 0. The largest absolute Gasteiger partial charge is 0.472 e. The molecule has 6 heterocycles. The fourth-order valence-corrected chi connectivity index (χ4v) is 8.64. The second kappa shape index (κ2) is 18.1. The van der Waals surface area contributed by atoms with Crippen molar-refractivity contribution in [1.82, 2.24) is 28.7 Å². The minimum atomic E-state index is -5.42. The summed E-state index contributed by atoms with van der Waals surface area (Å²) in [6, 6.07) is 2.32. The molecule has 61 heavy (non-hydrogen) atoms. The van der Waals surface area contributed by atoms with Gasteiger partial charge in [-0.05, 0) is 19.1 Å². The summed E-state index contributed by atoms with van der Waals surface area (Å²) in [6.07, 6.45) is -16.3. The lowest BCUT2D eigenvalue weighted by atomic mass is 10.1. The monoisotopic (exact) mass is 932 g/mol. The number of aromatic amines is 1. The molecule has 3 fully saturated rings. The number of nitrogens with two attached hydrogens (primary N) is 2. The van der Waals surface area contributed by atoms with Crippen molar-refractivity contribution in [2.24, 2.45) is 0 Å². The first kappa shape index (κ1) is 46.6. The molecule has 3 aliphatic rings. The van der Waals surface area contributed by atoms with Crippen LogP contribution in [0.15, 0.2) is 49.9 Å². The summed E-state index contributed by atoms with van der Waals surface area (Å²) in [5.41, 5.74) is 7.32. The van der Waals surface area contributed by atoms with Crippen LogP contribution in [0.1, 0.15) is 30.7 Å². The number of aliphatic hydroxyl groups excluding tert-OH is 3. The highest BCUT2D eigenvalue weighted by Gasteiger charge is 2.52. The Morgan fingerprint density at radius 1 is 0.738 bits per heavy atom. The van der Waals surface area contributed by atoms with E-state index in [1.807, 2.05) is 4.98 Å². The lowest BCUT2D eigenvalue weighted by Crippen LogP contribution is -2.38. The number of nitrogen functional groups attached to an aromatic ring is 2. The maximum absolute atomic E-state index is 13.4. The molecule has 0 aliphatic carbocycles. The molecule has 2 unspecified atom stereocenters. The Hall–Kier alpha value is -3.87. The van der Waals surface area contributed by atoms with Crippen molar-refractivity contribution in [3.8, 4) is 0 Å². The molecule has 30 nitrogen and oxygen atoms in total. The molecule has 0 spiro atoms. The van der Waals surface area contributed by atoms with Crippen LogP contribution < -0.4 is 34.1 Å². The Labute approximate surface area is 339 Å². The molecule has 3 aliphatic heterocycles. The van der Waals surface area contributed by atoms with E-state index >= 15 is 0 Å². The van der Waals surface area contributed by atoms with Crippen molar-refractivity contribution < 1.29 is 85.4 Å². The fourth-order valence-electron chi connectivity index (χ4n) is 6.37. The average Bonchev–Trinajstić information content (AvgIpc) is 3.78. The smallest absolute Gasteiger partial charge is 0.387 e. The number of phosphoric acid groups is 3. The molecule has 12 N–H and O–H groups in total. The van der Waals surface area contributed by atoms with Crippen molar-refractivity contribution in [1.29, 1.82) is 0 Å². The van der Waals surface area contributed by atoms with Crippen LogP contribution in [0, 0.1) is 6.92 Å². The summed E-state index contributed by atoms with van der Waals surface area (Å²) in [5.74, 6) is -0.393. The van der Waals surface area contributed by atoms with E-state index in [-0.39, 0.29) is 17.2 Å². The number of H-pyrrole nitrogens is 1. The van der Waals surface area contributed by atoms with E-state index in [2.05, 4.69) is 14.5 Å². The van der Waals surface area contributed by atoms with Crippen molar-refractivity contribution in [2.75, 3.05) is 31.3 Å². The number of nitrogens with one attached hydrogen (secondary N) is 1. The number of anilines is 2. The number of aromatic nitrogens is 6. The normalized spacial score (nSPS) is 31.2. The lowest BCUT2D eigenvalue weighted by Gasteiger charge is -2.25. The lowest BCUT2D eigenvalue weighted by molar-refractivity contribution is -0.0641. The zero-order valence-electron chi connectivity index (χ0n) is 31.1. The van der Waals surface area contributed by atoms with E-state index in [9.17, 15) is 67.8 Å². The van der Waals surface area contributed by atoms with Crippen LogP contribution in [0.25, 0.3) is 0 Å². The van der Waals surface area contributed by atoms with Crippen LogP contribution in [0.4, 0.5) is 11.6 Å². The molecule has 3 aromatic heterocycles. The van der Waals surface area contributed by atoms with Crippen LogP contribution in [-0.2, 0) is 50.5 Å². The number of hydrogen-bond acceptors (Lipinski definition) is 22. The third kappa shape index (κ3) is 11.0. The van der Waals surface area contributed by atoms with E-state index in [0.29, 0.717) is 4.57 Å². The molecule has 33 heteroatoms. The van der Waals surface area contributed by atoms with Crippen molar-refractivity contribution >= 4 is 35.1 Å². The number of phosphoric ester groups is 3. The van der Waals surface area contributed by atoms with Crippen LogP contribution in [-0.4, -0.2) is 132 Å². The van der Waals surface area contributed by atoms with Gasteiger partial charge in [0, 0.05) is 30.6 Å². The molecule has 3 aromatic rings. The molecule has 3 saturated heterocycles. The zero-order chi connectivity index (χ0) is 44.8. The molecule has 0 saturated carbocycles. The van der Waals surface area contributed by atoms with Crippen molar-refractivity contribution in [3.63, 3.8) is 0 Å². The van der Waals surface area contributed by atoms with Crippen LogP contribution in [0.3, 0.4) is 0 Å². The Morgan fingerprint density at radius 2 is 1.26 bits per heavy atom. The van der Waals surface area contributed by atoms with Gasteiger partial charge in [-0.25, -0.2) is 28.1 Å². The molecule has 0 radical (unpaired) electrons. The summed E-state index contributed by atoms with van der Waals surface area (Å²) < 4.78 is 82.2. The van der Waals surface area contributed by atoms with E-state index in [1.165, 1.54) is 13.0 Å². The van der Waals surface area contributed by atoms with E-state index < -0.39 is 140 Å². The van der Waals surface area contributed by atoms with Crippen LogP contribution in [0.2, 0.25) is 0 Å². The highest BCUT2D eigenvalue weighted by molar-refractivity contribution is 7.47. The summed E-state index contributed by atoms with van der Waals surface area (Å²) in [6.45, 7) is -1.72. The van der Waals surface area contributed by atoms with Gasteiger partial charge in [-0.3, -0.25) is 46.1 Å². The third-order valence-electron chi connectivity index (χ3n) is 9.27. The Kier molecular flexibility index (Phi) is 13.8. The van der Waals surface area contributed by atoms with Gasteiger partial charge < -0.3 is 60.6 Å². The van der Waals surface area contributed by atoms with Gasteiger partial charge in [-0.1, -0.05) is 0 Å². The molecule has 13 atom stereocenters. The van der Waals surface area contributed by atoms with Gasteiger partial charge in [0.25, 0.3) is 5.56 Å². The van der Waals surface area contributed by atoms with Gasteiger partial charge in [0.1, 0.15) is 66.7 Å². The van der Waals surface area contributed by atoms with Gasteiger partial charge >= 0.3 is 40.5 Å². The zero-order valence-corrected chi connectivity index (χ0v) is 33.7. The second-order valence-electron chi connectivity index (χ2n) is 13.6. The first-order chi connectivity index (χ1) is 28.4. The molecular formula is C28H39N8O22P3. The average molecular weight is 933 g/mol. The first-order valence-corrected chi connectivity index (χ1v) is 22.0. The van der Waals surface area contributed by atoms with Crippen LogP contribution in [0.5, 0.6) is 0 Å². The van der Waals surface area contributed by atoms with E-state index in [0.717, 1.165) is 33.8 Å². The standard InChI is InChI=1S/C28H39N8O22P3/c1-11-7-36(28(43)33-23(11)40)18-6-12(13(54-18)8-51-59(44,45)46)57-60(47,48)53-10-15-22(21(39)25(56-15)35-5-3-17(30)32-27(35)42)58-61(49,50)52-9-14-19(37)20(38)24(55-14)34-4-2-16(29)31-26(34)41/h2-5,7,12-15,18-22,24-25,37-39H,6,8-10H2,1H3,(H,47,48)(H,49,50)(H2,29,31,41)(H2,30,32,42)(H,33,40,43)(H2,44,45,46)/t12-,13+,14+,15+,18+,19+,20+,21+,22+,24+,25+/m0/s1.